The van der Waals surface area contributed by atoms with Crippen molar-refractivity contribution in [3.05, 3.63) is 58.1 Å². The number of thiazole rings is 1. The Morgan fingerprint density at radius 3 is 2.80 bits per heavy atom. The third-order valence-electron chi connectivity index (χ3n) is 2.73. The second-order valence-corrected chi connectivity index (χ2v) is 5.42. The lowest BCUT2D eigenvalue weighted by molar-refractivity contribution is 0.378. The predicted molar refractivity (Wildman–Crippen MR) is 77.7 cm³/mol. The molecule has 6 heteroatoms. The number of aryl methyl sites for hydroxylation is 1. The number of aromatic nitrogens is 3. The highest BCUT2D eigenvalue weighted by Crippen LogP contribution is 2.12. The minimum atomic E-state index is 0.521. The third kappa shape index (κ3) is 3.21. The molecule has 3 rings (SSSR count). The Hall–Kier alpha value is -2.21. The molecule has 5 nitrogen and oxygen atoms in total. The largest absolute Gasteiger partial charge is 0.376 e. The first-order valence-corrected chi connectivity index (χ1v) is 7.19. The van der Waals surface area contributed by atoms with E-state index in [1.165, 1.54) is 0 Å². The zero-order valence-corrected chi connectivity index (χ0v) is 11.9. The lowest BCUT2D eigenvalue weighted by atomic mass is 10.3. The summed E-state index contributed by atoms with van der Waals surface area (Å²) < 4.78 is 5.22. The highest BCUT2D eigenvalue weighted by molar-refractivity contribution is 7.09. The predicted octanol–water partition coefficient (Wildman–Crippen LogP) is 3.04. The van der Waals surface area contributed by atoms with Gasteiger partial charge in [-0.1, -0.05) is 23.4 Å². The molecule has 0 amide bonds. The van der Waals surface area contributed by atoms with E-state index in [1.807, 2.05) is 42.6 Å². The number of benzene rings is 1. The van der Waals surface area contributed by atoms with E-state index in [4.69, 9.17) is 4.52 Å². The van der Waals surface area contributed by atoms with Crippen LogP contribution in [-0.2, 0) is 13.0 Å². The lowest BCUT2D eigenvalue weighted by Gasteiger charge is -2.01. The summed E-state index contributed by atoms with van der Waals surface area (Å²) in [6.07, 6.45) is 0.610. The van der Waals surface area contributed by atoms with Crippen molar-refractivity contribution in [3.8, 4) is 0 Å². The summed E-state index contributed by atoms with van der Waals surface area (Å²) >= 11 is 1.63. The minimum Gasteiger partial charge on any atom is -0.376 e. The Balaban J connectivity index is 1.59. The standard InChI is InChI=1S/C14H14N4OS/c1-10-16-12(9-20-10)7-13-17-14(19-18-13)8-15-11-5-3-2-4-6-11/h2-6,9,15H,7-8H2,1H3. The first-order valence-electron chi connectivity index (χ1n) is 6.31. The third-order valence-corrected chi connectivity index (χ3v) is 3.56. The molecule has 0 spiro atoms. The van der Waals surface area contributed by atoms with Crippen molar-refractivity contribution in [2.24, 2.45) is 0 Å². The van der Waals surface area contributed by atoms with Crippen LogP contribution in [0.1, 0.15) is 22.4 Å². The summed E-state index contributed by atoms with van der Waals surface area (Å²) in [5, 5.41) is 10.3. The van der Waals surface area contributed by atoms with Gasteiger partial charge in [0.1, 0.15) is 0 Å². The summed E-state index contributed by atoms with van der Waals surface area (Å²) in [5.74, 6) is 1.25. The molecule has 2 aromatic heterocycles. The maximum absolute atomic E-state index is 5.22. The summed E-state index contributed by atoms with van der Waals surface area (Å²) in [4.78, 5) is 8.74. The van der Waals surface area contributed by atoms with E-state index in [0.717, 1.165) is 16.4 Å². The number of anilines is 1. The van der Waals surface area contributed by atoms with Crippen LogP contribution in [0.25, 0.3) is 0 Å². The zero-order chi connectivity index (χ0) is 13.8. The molecule has 0 radical (unpaired) electrons. The minimum absolute atomic E-state index is 0.521. The summed E-state index contributed by atoms with van der Waals surface area (Å²) in [7, 11) is 0. The first-order chi connectivity index (χ1) is 9.79. The molecule has 0 fully saturated rings. The number of rotatable bonds is 5. The number of para-hydroxylation sites is 1. The van der Waals surface area contributed by atoms with Crippen LogP contribution >= 0.6 is 11.3 Å². The quantitative estimate of drug-likeness (QED) is 0.781. The molecule has 0 saturated heterocycles. The Labute approximate surface area is 120 Å². The average Bonchev–Trinajstić information content (AvgIpc) is 3.08. The molecule has 2 heterocycles. The molecule has 0 atom stereocenters. The Morgan fingerprint density at radius 2 is 2.05 bits per heavy atom. The Bertz CT molecular complexity index is 677. The van der Waals surface area contributed by atoms with E-state index in [0.29, 0.717) is 24.7 Å². The Morgan fingerprint density at radius 1 is 1.20 bits per heavy atom. The second-order valence-electron chi connectivity index (χ2n) is 4.36. The van der Waals surface area contributed by atoms with Gasteiger partial charge in [0, 0.05) is 11.1 Å². The van der Waals surface area contributed by atoms with Gasteiger partial charge in [0.25, 0.3) is 0 Å². The van der Waals surface area contributed by atoms with E-state index in [-0.39, 0.29) is 0 Å². The van der Waals surface area contributed by atoms with Crippen LogP contribution in [0.5, 0.6) is 0 Å². The van der Waals surface area contributed by atoms with Gasteiger partial charge in [0.05, 0.1) is 23.7 Å². The molecule has 0 unspecified atom stereocenters. The van der Waals surface area contributed by atoms with Crippen molar-refractivity contribution in [2.45, 2.75) is 19.9 Å². The number of nitrogens with one attached hydrogen (secondary N) is 1. The fourth-order valence-corrected chi connectivity index (χ4v) is 2.43. The van der Waals surface area contributed by atoms with E-state index >= 15 is 0 Å². The van der Waals surface area contributed by atoms with E-state index in [9.17, 15) is 0 Å². The van der Waals surface area contributed by atoms with Crippen molar-refractivity contribution in [1.29, 1.82) is 0 Å². The van der Waals surface area contributed by atoms with Gasteiger partial charge in [-0.25, -0.2) is 4.98 Å². The summed E-state index contributed by atoms with van der Waals surface area (Å²) in [6.45, 7) is 2.51. The van der Waals surface area contributed by atoms with Crippen LogP contribution in [0.3, 0.4) is 0 Å². The molecule has 0 aliphatic rings. The molecule has 20 heavy (non-hydrogen) atoms. The molecular formula is C14H14N4OS. The van der Waals surface area contributed by atoms with E-state index < -0.39 is 0 Å². The lowest BCUT2D eigenvalue weighted by Crippen LogP contribution is -1.99. The van der Waals surface area contributed by atoms with Gasteiger partial charge in [-0.2, -0.15) is 4.98 Å². The molecule has 0 aliphatic heterocycles. The van der Waals surface area contributed by atoms with E-state index in [2.05, 4.69) is 20.4 Å². The molecule has 0 aliphatic carbocycles. The smallest absolute Gasteiger partial charge is 0.245 e. The molecule has 1 N–H and O–H groups in total. The maximum atomic E-state index is 5.22. The van der Waals surface area contributed by atoms with Gasteiger partial charge in [-0.05, 0) is 19.1 Å². The molecule has 102 valence electrons. The molecule has 3 aromatic rings. The van der Waals surface area contributed by atoms with Crippen LogP contribution in [0.15, 0.2) is 40.2 Å². The van der Waals surface area contributed by atoms with Gasteiger partial charge in [-0.3, -0.25) is 0 Å². The number of nitrogens with zero attached hydrogens (tertiary/aromatic N) is 3. The fourth-order valence-electron chi connectivity index (χ4n) is 1.82. The summed E-state index contributed by atoms with van der Waals surface area (Å²) in [5.41, 5.74) is 2.01. The number of hydrogen-bond acceptors (Lipinski definition) is 6. The molecule has 1 aromatic carbocycles. The van der Waals surface area contributed by atoms with Gasteiger partial charge >= 0.3 is 0 Å². The van der Waals surface area contributed by atoms with Crippen LogP contribution in [0, 0.1) is 6.92 Å². The maximum Gasteiger partial charge on any atom is 0.245 e. The number of hydrogen-bond donors (Lipinski definition) is 1. The van der Waals surface area contributed by atoms with Gasteiger partial charge in [0.15, 0.2) is 5.82 Å². The fraction of sp³-hybridized carbons (Fsp3) is 0.214. The normalized spacial score (nSPS) is 10.7. The van der Waals surface area contributed by atoms with Crippen molar-refractivity contribution >= 4 is 17.0 Å². The first kappa shape index (κ1) is 12.8. The van der Waals surface area contributed by atoms with Crippen LogP contribution in [0.2, 0.25) is 0 Å². The van der Waals surface area contributed by atoms with Gasteiger partial charge in [-0.15, -0.1) is 11.3 Å². The van der Waals surface area contributed by atoms with Crippen molar-refractivity contribution in [3.63, 3.8) is 0 Å². The SMILES string of the molecule is Cc1nc(Cc2noc(CNc3ccccc3)n2)cs1. The van der Waals surface area contributed by atoms with Gasteiger partial charge < -0.3 is 9.84 Å². The highest BCUT2D eigenvalue weighted by atomic mass is 32.1. The van der Waals surface area contributed by atoms with Crippen LogP contribution in [0.4, 0.5) is 5.69 Å². The molecule has 0 bridgehead atoms. The van der Waals surface area contributed by atoms with Crippen molar-refractivity contribution < 1.29 is 4.52 Å². The van der Waals surface area contributed by atoms with Crippen LogP contribution in [-0.4, -0.2) is 15.1 Å². The Kier molecular flexibility index (Phi) is 3.73. The average molecular weight is 286 g/mol. The zero-order valence-electron chi connectivity index (χ0n) is 11.0. The molecular weight excluding hydrogens is 272 g/mol. The van der Waals surface area contributed by atoms with Crippen molar-refractivity contribution in [2.75, 3.05) is 5.32 Å². The monoisotopic (exact) mass is 286 g/mol. The topological polar surface area (TPSA) is 63.8 Å². The summed E-state index contributed by atoms with van der Waals surface area (Å²) in [6, 6.07) is 9.93. The van der Waals surface area contributed by atoms with Crippen molar-refractivity contribution in [1.82, 2.24) is 15.1 Å². The van der Waals surface area contributed by atoms with Gasteiger partial charge in [0.2, 0.25) is 5.89 Å². The molecule has 0 saturated carbocycles. The van der Waals surface area contributed by atoms with Crippen LogP contribution < -0.4 is 5.32 Å². The van der Waals surface area contributed by atoms with E-state index in [1.54, 1.807) is 11.3 Å². The second kappa shape index (κ2) is 5.83. The highest BCUT2D eigenvalue weighted by Gasteiger charge is 2.08.